The topological polar surface area (TPSA) is 49.4 Å². The minimum atomic E-state index is -0.201. The van der Waals surface area contributed by atoms with E-state index < -0.39 is 0 Å². The molecule has 0 unspecified atom stereocenters. The van der Waals surface area contributed by atoms with Crippen molar-refractivity contribution in [3.8, 4) is 0 Å². The van der Waals surface area contributed by atoms with E-state index in [0.29, 0.717) is 16.8 Å². The van der Waals surface area contributed by atoms with Crippen LogP contribution in [0.2, 0.25) is 0 Å². The lowest BCUT2D eigenvalue weighted by Crippen LogP contribution is -2.36. The first-order valence-corrected chi connectivity index (χ1v) is 9.18. The van der Waals surface area contributed by atoms with Crippen molar-refractivity contribution < 1.29 is 9.59 Å². The molecule has 1 saturated heterocycles. The molecule has 0 aromatic heterocycles. The Bertz CT molecular complexity index is 755. The molecule has 1 aliphatic rings. The molecule has 5 heteroatoms. The molecular formula is C19H19IN2O2. The highest BCUT2D eigenvalue weighted by Crippen LogP contribution is 2.21. The van der Waals surface area contributed by atoms with Gasteiger partial charge < -0.3 is 10.2 Å². The largest absolute Gasteiger partial charge is 0.339 e. The van der Waals surface area contributed by atoms with Crippen LogP contribution in [0.25, 0.3) is 0 Å². The van der Waals surface area contributed by atoms with Gasteiger partial charge in [0.15, 0.2) is 0 Å². The van der Waals surface area contributed by atoms with E-state index in [9.17, 15) is 9.59 Å². The van der Waals surface area contributed by atoms with Gasteiger partial charge in [-0.05, 0) is 72.2 Å². The highest BCUT2D eigenvalue weighted by Gasteiger charge is 2.21. The number of piperidine rings is 1. The van der Waals surface area contributed by atoms with E-state index in [1.165, 1.54) is 6.42 Å². The number of halogens is 1. The summed E-state index contributed by atoms with van der Waals surface area (Å²) in [6, 6.07) is 14.6. The minimum absolute atomic E-state index is 0.00626. The van der Waals surface area contributed by atoms with Gasteiger partial charge in [-0.3, -0.25) is 9.59 Å². The van der Waals surface area contributed by atoms with Crippen LogP contribution in [0.4, 0.5) is 5.69 Å². The summed E-state index contributed by atoms with van der Waals surface area (Å²) in [6.07, 6.45) is 3.26. The fraction of sp³-hybridized carbons (Fsp3) is 0.263. The normalized spacial score (nSPS) is 14.3. The molecule has 2 amide bonds. The van der Waals surface area contributed by atoms with E-state index in [-0.39, 0.29) is 11.8 Å². The SMILES string of the molecule is O=C(Nc1ccccc1C(=O)N1CCCCC1)c1cccc(I)c1. The molecular weight excluding hydrogens is 415 g/mol. The van der Waals surface area contributed by atoms with Crippen molar-refractivity contribution in [3.63, 3.8) is 0 Å². The quantitative estimate of drug-likeness (QED) is 0.738. The molecule has 0 saturated carbocycles. The number of benzene rings is 2. The van der Waals surface area contributed by atoms with E-state index in [4.69, 9.17) is 0 Å². The molecule has 124 valence electrons. The zero-order chi connectivity index (χ0) is 16.9. The van der Waals surface area contributed by atoms with Crippen molar-refractivity contribution >= 4 is 40.1 Å². The van der Waals surface area contributed by atoms with Crippen molar-refractivity contribution in [3.05, 3.63) is 63.2 Å². The highest BCUT2D eigenvalue weighted by atomic mass is 127. The van der Waals surface area contributed by atoms with Crippen molar-refractivity contribution in [2.45, 2.75) is 19.3 Å². The molecule has 0 aliphatic carbocycles. The summed E-state index contributed by atoms with van der Waals surface area (Å²) >= 11 is 2.18. The third-order valence-corrected chi connectivity index (χ3v) is 4.81. The summed E-state index contributed by atoms with van der Waals surface area (Å²) in [4.78, 5) is 27.1. The molecule has 1 heterocycles. The molecule has 1 N–H and O–H groups in total. The fourth-order valence-corrected chi connectivity index (χ4v) is 3.41. The lowest BCUT2D eigenvalue weighted by molar-refractivity contribution is 0.0725. The van der Waals surface area contributed by atoms with Crippen LogP contribution in [0.3, 0.4) is 0 Å². The van der Waals surface area contributed by atoms with Crippen LogP contribution >= 0.6 is 22.6 Å². The van der Waals surface area contributed by atoms with Crippen LogP contribution in [0.1, 0.15) is 40.0 Å². The Morgan fingerprint density at radius 3 is 2.46 bits per heavy atom. The van der Waals surface area contributed by atoms with E-state index >= 15 is 0 Å². The Hall–Kier alpha value is -1.89. The molecule has 2 aromatic rings. The maximum absolute atomic E-state index is 12.8. The molecule has 4 nitrogen and oxygen atoms in total. The third kappa shape index (κ3) is 3.95. The molecule has 0 bridgehead atoms. The third-order valence-electron chi connectivity index (χ3n) is 4.14. The minimum Gasteiger partial charge on any atom is -0.339 e. The van der Waals surface area contributed by atoms with Gasteiger partial charge in [0.05, 0.1) is 11.3 Å². The zero-order valence-corrected chi connectivity index (χ0v) is 15.5. The number of hydrogen-bond acceptors (Lipinski definition) is 2. The summed E-state index contributed by atoms with van der Waals surface area (Å²) in [5.74, 6) is -0.208. The number of nitrogens with zero attached hydrogens (tertiary/aromatic N) is 1. The summed E-state index contributed by atoms with van der Waals surface area (Å²) in [5, 5.41) is 2.88. The molecule has 0 radical (unpaired) electrons. The zero-order valence-electron chi connectivity index (χ0n) is 13.3. The van der Waals surface area contributed by atoms with Gasteiger partial charge in [-0.15, -0.1) is 0 Å². The van der Waals surface area contributed by atoms with Crippen LogP contribution in [0.15, 0.2) is 48.5 Å². The standard InChI is InChI=1S/C19H19IN2O2/c20-15-8-6-7-14(13-15)18(23)21-17-10-3-2-9-16(17)19(24)22-11-4-1-5-12-22/h2-3,6-10,13H,1,4-5,11-12H2,(H,21,23). The molecule has 2 aromatic carbocycles. The summed E-state index contributed by atoms with van der Waals surface area (Å²) in [6.45, 7) is 1.58. The second kappa shape index (κ2) is 7.79. The lowest BCUT2D eigenvalue weighted by atomic mass is 10.1. The van der Waals surface area contributed by atoms with Gasteiger partial charge in [-0.1, -0.05) is 18.2 Å². The number of rotatable bonds is 3. The summed E-state index contributed by atoms with van der Waals surface area (Å²) < 4.78 is 0.998. The van der Waals surface area contributed by atoms with E-state index in [1.807, 2.05) is 35.2 Å². The van der Waals surface area contributed by atoms with Gasteiger partial charge in [0.1, 0.15) is 0 Å². The average molecular weight is 434 g/mol. The van der Waals surface area contributed by atoms with Crippen molar-refractivity contribution in [2.24, 2.45) is 0 Å². The molecule has 24 heavy (non-hydrogen) atoms. The van der Waals surface area contributed by atoms with Crippen LogP contribution < -0.4 is 5.32 Å². The van der Waals surface area contributed by atoms with Gasteiger partial charge in [-0.25, -0.2) is 0 Å². The maximum Gasteiger partial charge on any atom is 0.255 e. The van der Waals surface area contributed by atoms with E-state index in [0.717, 1.165) is 29.5 Å². The summed E-state index contributed by atoms with van der Waals surface area (Å²) in [5.41, 5.74) is 1.71. The summed E-state index contributed by atoms with van der Waals surface area (Å²) in [7, 11) is 0. The number of anilines is 1. The average Bonchev–Trinajstić information content (AvgIpc) is 2.62. The van der Waals surface area contributed by atoms with Crippen molar-refractivity contribution in [1.82, 2.24) is 4.90 Å². The van der Waals surface area contributed by atoms with Crippen LogP contribution in [0, 0.1) is 3.57 Å². The second-order valence-electron chi connectivity index (χ2n) is 5.86. The number of para-hydroxylation sites is 1. The van der Waals surface area contributed by atoms with Crippen LogP contribution in [-0.2, 0) is 0 Å². The fourth-order valence-electron chi connectivity index (χ4n) is 2.87. The smallest absolute Gasteiger partial charge is 0.255 e. The lowest BCUT2D eigenvalue weighted by Gasteiger charge is -2.27. The number of carbonyl (C=O) groups excluding carboxylic acids is 2. The first-order valence-electron chi connectivity index (χ1n) is 8.10. The number of hydrogen-bond donors (Lipinski definition) is 1. The number of nitrogens with one attached hydrogen (secondary N) is 1. The predicted molar refractivity (Wildman–Crippen MR) is 103 cm³/mol. The Morgan fingerprint density at radius 1 is 0.958 bits per heavy atom. The Kier molecular flexibility index (Phi) is 5.50. The maximum atomic E-state index is 12.8. The van der Waals surface area contributed by atoms with Gasteiger partial charge in [-0.2, -0.15) is 0 Å². The number of carbonyl (C=O) groups is 2. The highest BCUT2D eigenvalue weighted by molar-refractivity contribution is 14.1. The van der Waals surface area contributed by atoms with Gasteiger partial charge in [0.2, 0.25) is 0 Å². The van der Waals surface area contributed by atoms with E-state index in [2.05, 4.69) is 27.9 Å². The second-order valence-corrected chi connectivity index (χ2v) is 7.11. The molecule has 0 atom stereocenters. The van der Waals surface area contributed by atoms with Gasteiger partial charge in [0.25, 0.3) is 11.8 Å². The Labute approximate surface area is 155 Å². The number of likely N-dealkylation sites (tertiary alicyclic amines) is 1. The molecule has 0 spiro atoms. The molecule has 3 rings (SSSR count). The molecule has 1 fully saturated rings. The van der Waals surface area contributed by atoms with Crippen molar-refractivity contribution in [2.75, 3.05) is 18.4 Å². The van der Waals surface area contributed by atoms with Crippen LogP contribution in [0.5, 0.6) is 0 Å². The van der Waals surface area contributed by atoms with Gasteiger partial charge in [0, 0.05) is 22.2 Å². The van der Waals surface area contributed by atoms with E-state index in [1.54, 1.807) is 18.2 Å². The first-order chi connectivity index (χ1) is 11.6. The molecule has 1 aliphatic heterocycles. The monoisotopic (exact) mass is 434 g/mol. The van der Waals surface area contributed by atoms with Gasteiger partial charge >= 0.3 is 0 Å². The van der Waals surface area contributed by atoms with Crippen molar-refractivity contribution in [1.29, 1.82) is 0 Å². The Morgan fingerprint density at radius 2 is 1.71 bits per heavy atom. The Balaban J connectivity index is 1.81. The number of amides is 2. The predicted octanol–water partition coefficient (Wildman–Crippen LogP) is 4.17. The van der Waals surface area contributed by atoms with Crippen LogP contribution in [-0.4, -0.2) is 29.8 Å². The first kappa shape index (κ1) is 17.0.